The van der Waals surface area contributed by atoms with Gasteiger partial charge in [0, 0.05) is 12.5 Å². The fraction of sp³-hybridized carbons (Fsp3) is 0.167. The number of carbonyl (C=O) groups excluding carboxylic acids is 1. The Morgan fingerprint density at radius 2 is 1.97 bits per heavy atom. The van der Waals surface area contributed by atoms with Crippen LogP contribution in [0.1, 0.15) is 28.5 Å². The van der Waals surface area contributed by atoms with Crippen LogP contribution >= 0.6 is 11.3 Å². The molecule has 160 valence electrons. The third kappa shape index (κ3) is 3.92. The second-order valence-corrected chi connectivity index (χ2v) is 8.53. The summed E-state index contributed by atoms with van der Waals surface area (Å²) < 4.78 is 6.52. The minimum Gasteiger partial charge on any atom is -0.463 e. The number of nitrogens with zero attached hydrogens (tertiary/aromatic N) is 4. The van der Waals surface area contributed by atoms with Gasteiger partial charge in [0.2, 0.25) is 0 Å². The maximum absolute atomic E-state index is 13.3. The summed E-state index contributed by atoms with van der Waals surface area (Å²) in [5.74, 6) is 0.233. The highest BCUT2D eigenvalue weighted by Gasteiger charge is 2.33. The number of rotatable bonds is 5. The normalized spacial score (nSPS) is 15.7. The van der Waals surface area contributed by atoms with Crippen LogP contribution in [0, 0.1) is 6.92 Å². The zero-order chi connectivity index (χ0) is 22.1. The van der Waals surface area contributed by atoms with Crippen LogP contribution in [-0.2, 0) is 11.3 Å². The van der Waals surface area contributed by atoms with Gasteiger partial charge in [0.15, 0.2) is 5.76 Å². The molecule has 0 saturated heterocycles. The van der Waals surface area contributed by atoms with Gasteiger partial charge in [-0.3, -0.25) is 9.59 Å². The lowest BCUT2D eigenvalue weighted by molar-refractivity contribution is -0.133. The SMILES string of the molecule is Cc1ccc(C2CC(c3cccs3)=NN2C(=O)Cn2nc(-c3ccco3)ccc2=O)cc1. The fourth-order valence-electron chi connectivity index (χ4n) is 3.70. The van der Waals surface area contributed by atoms with Gasteiger partial charge >= 0.3 is 0 Å². The predicted octanol–water partition coefficient (Wildman–Crippen LogP) is 4.25. The number of hydrazone groups is 1. The second-order valence-electron chi connectivity index (χ2n) is 7.58. The van der Waals surface area contributed by atoms with Gasteiger partial charge in [-0.2, -0.15) is 10.2 Å². The molecule has 1 amide bonds. The van der Waals surface area contributed by atoms with Crippen molar-refractivity contribution in [3.05, 3.63) is 98.7 Å². The predicted molar refractivity (Wildman–Crippen MR) is 122 cm³/mol. The van der Waals surface area contributed by atoms with Crippen LogP contribution in [0.3, 0.4) is 0 Å². The smallest absolute Gasteiger partial charge is 0.267 e. The first kappa shape index (κ1) is 20.1. The van der Waals surface area contributed by atoms with Crippen LogP contribution in [0.2, 0.25) is 0 Å². The highest BCUT2D eigenvalue weighted by Crippen LogP contribution is 2.34. The van der Waals surface area contributed by atoms with Crippen LogP contribution in [0.4, 0.5) is 0 Å². The minimum absolute atomic E-state index is 0.211. The lowest BCUT2D eigenvalue weighted by atomic mass is 10.00. The van der Waals surface area contributed by atoms with Gasteiger partial charge in [0.05, 0.1) is 22.9 Å². The van der Waals surface area contributed by atoms with Gasteiger partial charge in [-0.05, 0) is 42.1 Å². The summed E-state index contributed by atoms with van der Waals surface area (Å²) in [5, 5.41) is 12.5. The van der Waals surface area contributed by atoms with E-state index in [4.69, 9.17) is 4.42 Å². The number of amides is 1. The second kappa shape index (κ2) is 8.39. The minimum atomic E-state index is -0.359. The van der Waals surface area contributed by atoms with Crippen LogP contribution in [-0.4, -0.2) is 26.4 Å². The van der Waals surface area contributed by atoms with Crippen LogP contribution in [0.5, 0.6) is 0 Å². The Morgan fingerprint density at radius 1 is 1.12 bits per heavy atom. The Bertz CT molecular complexity index is 1320. The number of hydrogen-bond acceptors (Lipinski definition) is 6. The van der Waals surface area contributed by atoms with Crippen molar-refractivity contribution in [2.45, 2.75) is 25.9 Å². The average Bonchev–Trinajstić information content (AvgIpc) is 3.56. The molecule has 0 spiro atoms. The summed E-state index contributed by atoms with van der Waals surface area (Å²) >= 11 is 1.59. The largest absolute Gasteiger partial charge is 0.463 e. The van der Waals surface area contributed by atoms with Crippen molar-refractivity contribution < 1.29 is 9.21 Å². The summed E-state index contributed by atoms with van der Waals surface area (Å²) in [6.07, 6.45) is 2.15. The molecule has 0 saturated carbocycles. The number of aromatic nitrogens is 2. The first-order valence-corrected chi connectivity index (χ1v) is 11.1. The Balaban J connectivity index is 1.46. The molecule has 0 bridgehead atoms. The zero-order valence-corrected chi connectivity index (χ0v) is 18.2. The van der Waals surface area contributed by atoms with Crippen LogP contribution in [0.25, 0.3) is 11.5 Å². The van der Waals surface area contributed by atoms with E-state index in [1.54, 1.807) is 29.5 Å². The maximum atomic E-state index is 13.3. The molecule has 1 aromatic carbocycles. The van der Waals surface area contributed by atoms with Crippen molar-refractivity contribution in [2.75, 3.05) is 0 Å². The highest BCUT2D eigenvalue weighted by atomic mass is 32.1. The van der Waals surface area contributed by atoms with Crippen molar-refractivity contribution in [2.24, 2.45) is 5.10 Å². The average molecular weight is 445 g/mol. The van der Waals surface area contributed by atoms with Crippen molar-refractivity contribution in [1.82, 2.24) is 14.8 Å². The first-order valence-electron chi connectivity index (χ1n) is 10.2. The number of aryl methyl sites for hydroxylation is 1. The molecule has 4 aromatic rings. The number of carbonyl (C=O) groups is 1. The van der Waals surface area contributed by atoms with Crippen LogP contribution in [0.15, 0.2) is 86.6 Å². The molecule has 32 heavy (non-hydrogen) atoms. The Morgan fingerprint density at radius 3 is 2.69 bits per heavy atom. The Labute approximate surface area is 188 Å². The van der Waals surface area contributed by atoms with E-state index in [0.29, 0.717) is 17.9 Å². The molecule has 1 unspecified atom stereocenters. The van der Waals surface area contributed by atoms with Gasteiger partial charge in [-0.25, -0.2) is 9.69 Å². The summed E-state index contributed by atoms with van der Waals surface area (Å²) in [7, 11) is 0. The molecule has 1 aliphatic rings. The Kier molecular flexibility index (Phi) is 5.28. The van der Waals surface area contributed by atoms with Gasteiger partial charge in [-0.1, -0.05) is 35.9 Å². The molecule has 1 atom stereocenters. The standard InChI is InChI=1S/C24H20N4O3S/c1-16-6-8-17(9-7-16)20-14-19(22-5-3-13-32-22)26-28(20)24(30)15-27-23(29)11-10-18(25-27)21-4-2-12-31-21/h2-13,20H,14-15H2,1H3. The molecular weight excluding hydrogens is 424 g/mol. The lowest BCUT2D eigenvalue weighted by Gasteiger charge is -2.22. The van der Waals surface area contributed by atoms with E-state index in [2.05, 4.69) is 10.2 Å². The molecule has 0 N–H and O–H groups in total. The molecular formula is C24H20N4O3S. The quantitative estimate of drug-likeness (QED) is 0.461. The lowest BCUT2D eigenvalue weighted by Crippen LogP contribution is -2.34. The van der Waals surface area contributed by atoms with Gasteiger partial charge in [-0.15, -0.1) is 11.3 Å². The molecule has 7 nitrogen and oxygen atoms in total. The van der Waals surface area contributed by atoms with Crippen molar-refractivity contribution in [3.63, 3.8) is 0 Å². The van der Waals surface area contributed by atoms with Crippen molar-refractivity contribution in [1.29, 1.82) is 0 Å². The maximum Gasteiger partial charge on any atom is 0.267 e. The van der Waals surface area contributed by atoms with E-state index in [9.17, 15) is 9.59 Å². The summed E-state index contributed by atoms with van der Waals surface area (Å²) in [4.78, 5) is 26.8. The van der Waals surface area contributed by atoms with Gasteiger partial charge in [0.1, 0.15) is 12.2 Å². The van der Waals surface area contributed by atoms with E-state index in [1.165, 1.54) is 17.3 Å². The summed E-state index contributed by atoms with van der Waals surface area (Å²) in [5.41, 5.74) is 3.14. The van der Waals surface area contributed by atoms with E-state index in [0.717, 1.165) is 26.4 Å². The van der Waals surface area contributed by atoms with E-state index in [1.807, 2.05) is 48.7 Å². The number of benzene rings is 1. The molecule has 5 rings (SSSR count). The summed E-state index contributed by atoms with van der Waals surface area (Å²) in [6, 6.07) is 18.3. The molecule has 0 aliphatic carbocycles. The van der Waals surface area contributed by atoms with E-state index < -0.39 is 0 Å². The number of thiophene rings is 1. The van der Waals surface area contributed by atoms with Gasteiger partial charge < -0.3 is 4.42 Å². The van der Waals surface area contributed by atoms with E-state index >= 15 is 0 Å². The number of hydrogen-bond donors (Lipinski definition) is 0. The monoisotopic (exact) mass is 444 g/mol. The van der Waals surface area contributed by atoms with Crippen molar-refractivity contribution in [3.8, 4) is 11.5 Å². The highest BCUT2D eigenvalue weighted by molar-refractivity contribution is 7.12. The van der Waals surface area contributed by atoms with Gasteiger partial charge in [0.25, 0.3) is 11.5 Å². The molecule has 0 fully saturated rings. The topological polar surface area (TPSA) is 80.7 Å². The zero-order valence-electron chi connectivity index (χ0n) is 17.3. The molecule has 8 heteroatoms. The van der Waals surface area contributed by atoms with Crippen LogP contribution < -0.4 is 5.56 Å². The molecule has 4 heterocycles. The number of furan rings is 1. The fourth-order valence-corrected chi connectivity index (χ4v) is 4.42. The molecule has 3 aromatic heterocycles. The third-order valence-electron chi connectivity index (χ3n) is 5.36. The third-order valence-corrected chi connectivity index (χ3v) is 6.28. The molecule has 1 aliphatic heterocycles. The molecule has 0 radical (unpaired) electrons. The van der Waals surface area contributed by atoms with E-state index in [-0.39, 0.29) is 24.1 Å². The Hall–Kier alpha value is -3.78. The van der Waals surface area contributed by atoms with Crippen molar-refractivity contribution >= 4 is 23.0 Å². The first-order chi connectivity index (χ1) is 15.6. The summed E-state index contributed by atoms with van der Waals surface area (Å²) in [6.45, 7) is 1.82.